The summed E-state index contributed by atoms with van der Waals surface area (Å²) < 4.78 is 12.4. The van der Waals surface area contributed by atoms with Gasteiger partial charge in [-0.3, -0.25) is 9.48 Å². The number of rotatable bonds is 8. The minimum absolute atomic E-state index is 0.300. The largest absolute Gasteiger partial charge is 0.496 e. The van der Waals surface area contributed by atoms with Gasteiger partial charge in [0.15, 0.2) is 6.61 Å². The summed E-state index contributed by atoms with van der Waals surface area (Å²) in [6.07, 6.45) is 0. The maximum atomic E-state index is 12.7. The second-order valence-corrected chi connectivity index (χ2v) is 7.33. The molecule has 0 fully saturated rings. The lowest BCUT2D eigenvalue weighted by molar-refractivity contribution is -0.133. The van der Waals surface area contributed by atoms with E-state index in [1.807, 2.05) is 61.5 Å². The molecular weight excluding hydrogens is 394 g/mol. The lowest BCUT2D eigenvalue weighted by Gasteiger charge is -2.18. The first-order valence-corrected chi connectivity index (χ1v) is 10.0. The van der Waals surface area contributed by atoms with Crippen LogP contribution in [-0.4, -0.2) is 47.3 Å². The maximum Gasteiger partial charge on any atom is 0.342 e. The number of nitrogens with zero attached hydrogens (tertiary/aromatic N) is 3. The quantitative estimate of drug-likeness (QED) is 0.522. The number of aromatic nitrogens is 2. The van der Waals surface area contributed by atoms with E-state index in [1.165, 1.54) is 4.90 Å². The molecule has 7 heteroatoms. The second-order valence-electron chi connectivity index (χ2n) is 7.33. The van der Waals surface area contributed by atoms with E-state index in [0.29, 0.717) is 35.8 Å². The molecule has 3 aromatic rings. The highest BCUT2D eigenvalue weighted by Crippen LogP contribution is 2.19. The summed E-state index contributed by atoms with van der Waals surface area (Å²) in [5, 5.41) is 4.47. The predicted molar refractivity (Wildman–Crippen MR) is 117 cm³/mol. The van der Waals surface area contributed by atoms with Crippen LogP contribution in [0.2, 0.25) is 0 Å². The zero-order valence-electron chi connectivity index (χ0n) is 18.3. The van der Waals surface area contributed by atoms with Gasteiger partial charge < -0.3 is 14.4 Å². The van der Waals surface area contributed by atoms with Gasteiger partial charge in [0.25, 0.3) is 5.91 Å². The molecule has 0 spiro atoms. The Kier molecular flexibility index (Phi) is 7.07. The number of carbonyl (C=O) groups is 2. The van der Waals surface area contributed by atoms with Crippen molar-refractivity contribution < 1.29 is 19.1 Å². The lowest BCUT2D eigenvalue weighted by atomic mass is 10.2. The van der Waals surface area contributed by atoms with Gasteiger partial charge in [0, 0.05) is 19.2 Å². The Morgan fingerprint density at radius 3 is 2.42 bits per heavy atom. The molecule has 1 amide bonds. The Bertz CT molecular complexity index is 1060. The Hall–Kier alpha value is -3.61. The van der Waals surface area contributed by atoms with E-state index < -0.39 is 5.97 Å². The molecule has 0 saturated heterocycles. The number of benzene rings is 2. The molecule has 0 saturated carbocycles. The Morgan fingerprint density at radius 2 is 1.71 bits per heavy atom. The van der Waals surface area contributed by atoms with Gasteiger partial charge in [0.1, 0.15) is 11.3 Å². The highest BCUT2D eigenvalue weighted by molar-refractivity contribution is 5.93. The van der Waals surface area contributed by atoms with Crippen molar-refractivity contribution in [3.8, 4) is 5.75 Å². The molecule has 3 rings (SSSR count). The van der Waals surface area contributed by atoms with Crippen LogP contribution in [0.25, 0.3) is 0 Å². The van der Waals surface area contributed by atoms with Crippen LogP contribution in [0.5, 0.6) is 5.75 Å². The van der Waals surface area contributed by atoms with Crippen molar-refractivity contribution in [1.29, 1.82) is 0 Å². The molecule has 0 unspecified atom stereocenters. The predicted octanol–water partition coefficient (Wildman–Crippen LogP) is 3.37. The van der Waals surface area contributed by atoms with Crippen LogP contribution in [0.4, 0.5) is 0 Å². The fraction of sp³-hybridized carbons (Fsp3) is 0.292. The van der Waals surface area contributed by atoms with Crippen molar-refractivity contribution >= 4 is 11.9 Å². The summed E-state index contributed by atoms with van der Waals surface area (Å²) in [5.41, 5.74) is 3.65. The molecule has 0 bridgehead atoms. The summed E-state index contributed by atoms with van der Waals surface area (Å²) in [4.78, 5) is 26.7. The first-order chi connectivity index (χ1) is 14.9. The van der Waals surface area contributed by atoms with Crippen molar-refractivity contribution in [3.05, 3.63) is 82.7 Å². The number of ether oxygens (including phenoxy) is 2. The third-order valence-corrected chi connectivity index (χ3v) is 5.11. The van der Waals surface area contributed by atoms with Gasteiger partial charge in [0.05, 0.1) is 25.0 Å². The number of carbonyl (C=O) groups excluding carboxylic acids is 2. The number of aryl methyl sites for hydroxylation is 1. The Balaban J connectivity index is 1.62. The number of hydrogen-bond acceptors (Lipinski definition) is 5. The molecule has 2 aromatic carbocycles. The number of likely N-dealkylation sites (N-methyl/N-ethyl adjacent to an activating group) is 1. The zero-order chi connectivity index (χ0) is 22.4. The SMILES string of the molecule is COc1ccccc1CN(C)C(=O)COC(=O)c1c(C)nn(Cc2ccccc2)c1C. The molecule has 162 valence electrons. The van der Waals surface area contributed by atoms with Gasteiger partial charge in [-0.25, -0.2) is 4.79 Å². The number of para-hydroxylation sites is 1. The molecule has 0 aliphatic heterocycles. The van der Waals surface area contributed by atoms with Crippen LogP contribution in [0.15, 0.2) is 54.6 Å². The third-order valence-electron chi connectivity index (χ3n) is 5.11. The van der Waals surface area contributed by atoms with Crippen molar-refractivity contribution in [2.45, 2.75) is 26.9 Å². The number of amides is 1. The summed E-state index contributed by atoms with van der Waals surface area (Å²) in [6.45, 7) is 4.16. The van der Waals surface area contributed by atoms with E-state index in [4.69, 9.17) is 9.47 Å². The van der Waals surface area contributed by atoms with Crippen LogP contribution >= 0.6 is 0 Å². The first kappa shape index (κ1) is 22.1. The fourth-order valence-corrected chi connectivity index (χ4v) is 3.39. The van der Waals surface area contributed by atoms with E-state index in [0.717, 1.165) is 11.1 Å². The molecule has 7 nitrogen and oxygen atoms in total. The lowest BCUT2D eigenvalue weighted by Crippen LogP contribution is -2.31. The summed E-state index contributed by atoms with van der Waals surface area (Å²) in [7, 11) is 3.25. The van der Waals surface area contributed by atoms with Gasteiger partial charge in [-0.05, 0) is 25.5 Å². The average molecular weight is 421 g/mol. The van der Waals surface area contributed by atoms with Gasteiger partial charge in [-0.1, -0.05) is 48.5 Å². The highest BCUT2D eigenvalue weighted by Gasteiger charge is 2.22. The van der Waals surface area contributed by atoms with Crippen molar-refractivity contribution in [1.82, 2.24) is 14.7 Å². The van der Waals surface area contributed by atoms with Crippen LogP contribution < -0.4 is 4.74 Å². The van der Waals surface area contributed by atoms with Gasteiger partial charge in [-0.15, -0.1) is 0 Å². The van der Waals surface area contributed by atoms with Crippen molar-refractivity contribution in [3.63, 3.8) is 0 Å². The standard InChI is InChI=1S/C24H27N3O4/c1-17-23(18(2)27(25-17)14-19-10-6-5-7-11-19)24(29)31-16-22(28)26(3)15-20-12-8-9-13-21(20)30-4/h5-13H,14-16H2,1-4H3. The minimum Gasteiger partial charge on any atom is -0.496 e. The topological polar surface area (TPSA) is 73.7 Å². The average Bonchev–Trinajstić information content (AvgIpc) is 3.05. The van der Waals surface area contributed by atoms with E-state index in [2.05, 4.69) is 5.10 Å². The van der Waals surface area contributed by atoms with Crippen molar-refractivity contribution in [2.75, 3.05) is 20.8 Å². The Labute approximate surface area is 182 Å². The number of methoxy groups -OCH3 is 1. The fourth-order valence-electron chi connectivity index (χ4n) is 3.39. The van der Waals surface area contributed by atoms with Gasteiger partial charge >= 0.3 is 5.97 Å². The Morgan fingerprint density at radius 1 is 1.03 bits per heavy atom. The zero-order valence-corrected chi connectivity index (χ0v) is 18.3. The number of hydrogen-bond donors (Lipinski definition) is 0. The van der Waals surface area contributed by atoms with Crippen LogP contribution in [0.1, 0.15) is 32.9 Å². The highest BCUT2D eigenvalue weighted by atomic mass is 16.5. The first-order valence-electron chi connectivity index (χ1n) is 10.0. The van der Waals surface area contributed by atoms with Crippen LogP contribution in [0, 0.1) is 13.8 Å². The minimum atomic E-state index is -0.548. The monoisotopic (exact) mass is 421 g/mol. The molecule has 0 aliphatic rings. The molecular formula is C24H27N3O4. The van der Waals surface area contributed by atoms with E-state index in [9.17, 15) is 9.59 Å². The van der Waals surface area contributed by atoms with Crippen LogP contribution in [0.3, 0.4) is 0 Å². The molecule has 0 N–H and O–H groups in total. The van der Waals surface area contributed by atoms with Crippen molar-refractivity contribution in [2.24, 2.45) is 0 Å². The molecule has 0 radical (unpaired) electrons. The smallest absolute Gasteiger partial charge is 0.342 e. The summed E-state index contributed by atoms with van der Waals surface area (Å²) >= 11 is 0. The second kappa shape index (κ2) is 9.93. The van der Waals surface area contributed by atoms with E-state index in [-0.39, 0.29) is 12.5 Å². The summed E-state index contributed by atoms with van der Waals surface area (Å²) in [5.74, 6) is -0.143. The maximum absolute atomic E-state index is 12.7. The third kappa shape index (κ3) is 5.31. The van der Waals surface area contributed by atoms with E-state index in [1.54, 1.807) is 25.8 Å². The molecule has 1 heterocycles. The summed E-state index contributed by atoms with van der Waals surface area (Å²) in [6, 6.07) is 17.4. The molecule has 31 heavy (non-hydrogen) atoms. The normalized spacial score (nSPS) is 10.6. The van der Waals surface area contributed by atoms with E-state index >= 15 is 0 Å². The van der Waals surface area contributed by atoms with Gasteiger partial charge in [-0.2, -0.15) is 5.10 Å². The van der Waals surface area contributed by atoms with Gasteiger partial charge in [0.2, 0.25) is 0 Å². The number of esters is 1. The molecule has 0 aliphatic carbocycles. The van der Waals surface area contributed by atoms with Crippen LogP contribution in [-0.2, 0) is 22.6 Å². The molecule has 1 aromatic heterocycles. The molecule has 0 atom stereocenters.